The van der Waals surface area contributed by atoms with Crippen molar-refractivity contribution < 1.29 is 18.0 Å². The lowest BCUT2D eigenvalue weighted by atomic mass is 10.1. The number of carbonyl (C=O) groups excluding carboxylic acids is 1. The number of amides is 2. The van der Waals surface area contributed by atoms with Gasteiger partial charge in [0.05, 0.1) is 22.8 Å². The molecule has 140 valence electrons. The van der Waals surface area contributed by atoms with Crippen molar-refractivity contribution in [2.24, 2.45) is 5.10 Å². The van der Waals surface area contributed by atoms with Crippen LogP contribution in [0.3, 0.4) is 0 Å². The zero-order valence-electron chi connectivity index (χ0n) is 13.8. The van der Waals surface area contributed by atoms with Crippen molar-refractivity contribution in [2.45, 2.75) is 6.18 Å². The summed E-state index contributed by atoms with van der Waals surface area (Å²) in [5.74, 6) is 0. The van der Waals surface area contributed by atoms with E-state index in [0.717, 1.165) is 17.7 Å². The van der Waals surface area contributed by atoms with Crippen molar-refractivity contribution in [3.05, 3.63) is 70.8 Å². The standard InChI is InChI=1S/C18H14ClF3N4O/c19-15-7-6-13(10-14(15)18(20,21)22)25-17(27)24-12-4-1-3-11(9-12)16-5-2-8-23-26-16/h1-7,9-10,23H,8H2,(H2,24,25,27). The molecule has 0 saturated heterocycles. The van der Waals surface area contributed by atoms with Crippen LogP contribution < -0.4 is 16.1 Å². The summed E-state index contributed by atoms with van der Waals surface area (Å²) in [7, 11) is 0. The van der Waals surface area contributed by atoms with Gasteiger partial charge in [-0.05, 0) is 36.4 Å². The van der Waals surface area contributed by atoms with Crippen LogP contribution in [0.1, 0.15) is 11.1 Å². The van der Waals surface area contributed by atoms with Gasteiger partial charge in [0.1, 0.15) is 0 Å². The zero-order chi connectivity index (χ0) is 19.4. The molecule has 3 rings (SSSR count). The molecular weight excluding hydrogens is 381 g/mol. The highest BCUT2D eigenvalue weighted by molar-refractivity contribution is 6.31. The highest BCUT2D eigenvalue weighted by Crippen LogP contribution is 2.36. The fourth-order valence-electron chi connectivity index (χ4n) is 2.42. The number of nitrogens with zero attached hydrogens (tertiary/aromatic N) is 1. The number of alkyl halides is 3. The van der Waals surface area contributed by atoms with Gasteiger partial charge in [-0.1, -0.05) is 29.8 Å². The third-order valence-corrected chi connectivity index (χ3v) is 3.96. The fourth-order valence-corrected chi connectivity index (χ4v) is 2.65. The number of hydrogen-bond donors (Lipinski definition) is 3. The first-order valence-corrected chi connectivity index (χ1v) is 8.23. The van der Waals surface area contributed by atoms with Crippen LogP contribution >= 0.6 is 11.6 Å². The minimum Gasteiger partial charge on any atom is -0.308 e. The SMILES string of the molecule is O=C(Nc1cccc(C2=NNCC=C2)c1)Nc1ccc(Cl)c(C(F)(F)F)c1. The van der Waals surface area contributed by atoms with Gasteiger partial charge in [0.25, 0.3) is 0 Å². The van der Waals surface area contributed by atoms with E-state index in [1.54, 1.807) is 18.2 Å². The van der Waals surface area contributed by atoms with Crippen LogP contribution in [0.2, 0.25) is 5.02 Å². The monoisotopic (exact) mass is 394 g/mol. The summed E-state index contributed by atoms with van der Waals surface area (Å²) < 4.78 is 38.7. The van der Waals surface area contributed by atoms with Gasteiger partial charge in [-0.3, -0.25) is 0 Å². The van der Waals surface area contributed by atoms with E-state index in [9.17, 15) is 18.0 Å². The molecule has 0 aromatic heterocycles. The van der Waals surface area contributed by atoms with Crippen LogP contribution in [0.4, 0.5) is 29.3 Å². The molecule has 2 amide bonds. The number of halogens is 4. The maximum absolute atomic E-state index is 12.9. The molecule has 1 heterocycles. The Bertz CT molecular complexity index is 925. The largest absolute Gasteiger partial charge is 0.417 e. The van der Waals surface area contributed by atoms with Crippen LogP contribution in [-0.4, -0.2) is 18.3 Å². The molecule has 3 N–H and O–H groups in total. The van der Waals surface area contributed by atoms with Crippen LogP contribution in [-0.2, 0) is 6.18 Å². The smallest absolute Gasteiger partial charge is 0.308 e. The summed E-state index contributed by atoms with van der Waals surface area (Å²) in [6.45, 7) is 0.644. The van der Waals surface area contributed by atoms with E-state index in [2.05, 4.69) is 21.2 Å². The second kappa shape index (κ2) is 7.71. The Hall–Kier alpha value is -3.00. The summed E-state index contributed by atoms with van der Waals surface area (Å²) >= 11 is 5.57. The van der Waals surface area contributed by atoms with Crippen LogP contribution in [0.15, 0.2) is 59.7 Å². The number of hydrazone groups is 1. The lowest BCUT2D eigenvalue weighted by Crippen LogP contribution is -2.20. The van der Waals surface area contributed by atoms with Crippen molar-refractivity contribution in [1.29, 1.82) is 0 Å². The Morgan fingerprint density at radius 1 is 1.11 bits per heavy atom. The van der Waals surface area contributed by atoms with Gasteiger partial charge in [0, 0.05) is 16.9 Å². The Balaban J connectivity index is 1.71. The maximum Gasteiger partial charge on any atom is 0.417 e. The van der Waals surface area contributed by atoms with Gasteiger partial charge in [-0.2, -0.15) is 18.3 Å². The first-order valence-electron chi connectivity index (χ1n) is 7.85. The van der Waals surface area contributed by atoms with Gasteiger partial charge >= 0.3 is 12.2 Å². The first kappa shape index (κ1) is 18.8. The number of benzene rings is 2. The summed E-state index contributed by atoms with van der Waals surface area (Å²) in [4.78, 5) is 12.1. The number of anilines is 2. The van der Waals surface area contributed by atoms with E-state index in [1.165, 1.54) is 6.07 Å². The quantitative estimate of drug-likeness (QED) is 0.695. The highest BCUT2D eigenvalue weighted by atomic mass is 35.5. The molecule has 27 heavy (non-hydrogen) atoms. The molecule has 5 nitrogen and oxygen atoms in total. The lowest BCUT2D eigenvalue weighted by Gasteiger charge is -2.13. The second-order valence-electron chi connectivity index (χ2n) is 5.61. The van der Waals surface area contributed by atoms with Crippen molar-refractivity contribution in [2.75, 3.05) is 17.2 Å². The Kier molecular flexibility index (Phi) is 5.36. The van der Waals surface area contributed by atoms with Crippen LogP contribution in [0.5, 0.6) is 0 Å². The molecule has 9 heteroatoms. The fraction of sp³-hybridized carbons (Fsp3) is 0.111. The molecule has 0 radical (unpaired) electrons. The minimum absolute atomic E-state index is 0.0239. The maximum atomic E-state index is 12.9. The van der Waals surface area contributed by atoms with E-state index in [1.807, 2.05) is 18.2 Å². The van der Waals surface area contributed by atoms with Crippen molar-refractivity contribution in [1.82, 2.24) is 5.43 Å². The summed E-state index contributed by atoms with van der Waals surface area (Å²) in [5.41, 5.74) is 3.76. The molecule has 0 bridgehead atoms. The molecule has 1 aliphatic heterocycles. The van der Waals surface area contributed by atoms with E-state index in [-0.39, 0.29) is 5.69 Å². The molecule has 0 fully saturated rings. The third kappa shape index (κ3) is 4.79. The summed E-state index contributed by atoms with van der Waals surface area (Å²) in [5, 5.41) is 8.67. The summed E-state index contributed by atoms with van der Waals surface area (Å²) in [6.07, 6.45) is -0.849. The first-order chi connectivity index (χ1) is 12.8. The van der Waals surface area contributed by atoms with Gasteiger partial charge in [-0.15, -0.1) is 0 Å². The van der Waals surface area contributed by atoms with Gasteiger partial charge in [-0.25, -0.2) is 4.79 Å². The molecule has 0 atom stereocenters. The average molecular weight is 395 g/mol. The number of hydrogen-bond acceptors (Lipinski definition) is 3. The van der Waals surface area contributed by atoms with Gasteiger partial charge < -0.3 is 16.1 Å². The van der Waals surface area contributed by atoms with E-state index in [4.69, 9.17) is 11.6 Å². The number of carbonyl (C=O) groups is 1. The normalized spacial score (nSPS) is 13.6. The number of urea groups is 1. The topological polar surface area (TPSA) is 65.5 Å². The molecular formula is C18H14ClF3N4O. The Labute approximate surface area is 157 Å². The van der Waals surface area contributed by atoms with E-state index in [0.29, 0.717) is 17.9 Å². The van der Waals surface area contributed by atoms with Crippen molar-refractivity contribution >= 4 is 34.7 Å². The Morgan fingerprint density at radius 3 is 2.52 bits per heavy atom. The second-order valence-corrected chi connectivity index (χ2v) is 6.02. The molecule has 1 aliphatic rings. The lowest BCUT2D eigenvalue weighted by molar-refractivity contribution is -0.137. The highest BCUT2D eigenvalue weighted by Gasteiger charge is 2.33. The number of allylic oxidation sites excluding steroid dienone is 1. The minimum atomic E-state index is -4.61. The molecule has 2 aromatic rings. The summed E-state index contributed by atoms with van der Waals surface area (Å²) in [6, 6.07) is 9.41. The van der Waals surface area contributed by atoms with E-state index < -0.39 is 22.8 Å². The molecule has 0 unspecified atom stereocenters. The molecule has 0 spiro atoms. The van der Waals surface area contributed by atoms with Crippen LogP contribution in [0.25, 0.3) is 0 Å². The predicted octanol–water partition coefficient (Wildman–Crippen LogP) is 4.87. The van der Waals surface area contributed by atoms with Gasteiger partial charge in [0.2, 0.25) is 0 Å². The van der Waals surface area contributed by atoms with Crippen molar-refractivity contribution in [3.8, 4) is 0 Å². The Morgan fingerprint density at radius 2 is 1.85 bits per heavy atom. The average Bonchev–Trinajstić information content (AvgIpc) is 2.63. The zero-order valence-corrected chi connectivity index (χ0v) is 14.5. The number of rotatable bonds is 3. The predicted molar refractivity (Wildman–Crippen MR) is 99.2 cm³/mol. The van der Waals surface area contributed by atoms with E-state index >= 15 is 0 Å². The van der Waals surface area contributed by atoms with Crippen molar-refractivity contribution in [3.63, 3.8) is 0 Å². The molecule has 2 aromatic carbocycles. The molecule has 0 aliphatic carbocycles. The van der Waals surface area contributed by atoms with Crippen LogP contribution in [0, 0.1) is 0 Å². The van der Waals surface area contributed by atoms with Gasteiger partial charge in [0.15, 0.2) is 0 Å². The third-order valence-electron chi connectivity index (χ3n) is 3.63. The number of nitrogens with one attached hydrogen (secondary N) is 3. The molecule has 0 saturated carbocycles.